The summed E-state index contributed by atoms with van der Waals surface area (Å²) in [5.41, 5.74) is 0.875. The third-order valence-corrected chi connectivity index (χ3v) is 3.73. The Hall–Kier alpha value is -2.83. The predicted molar refractivity (Wildman–Crippen MR) is 95.4 cm³/mol. The first-order valence-electron chi connectivity index (χ1n) is 8.40. The first-order chi connectivity index (χ1) is 12.1. The summed E-state index contributed by atoms with van der Waals surface area (Å²) in [4.78, 5) is 12.3. The van der Waals surface area contributed by atoms with E-state index in [0.29, 0.717) is 42.1 Å². The SMILES string of the molecule is CC(C)CCNc1ccc(C(=O)Nc2ccc3c(c2)OCCO3)nn1. The zero-order valence-corrected chi connectivity index (χ0v) is 14.4. The maximum Gasteiger partial charge on any atom is 0.276 e. The van der Waals surface area contributed by atoms with Crippen LogP contribution in [-0.2, 0) is 0 Å². The highest BCUT2D eigenvalue weighted by Gasteiger charge is 2.14. The van der Waals surface area contributed by atoms with Crippen LogP contribution in [0.25, 0.3) is 0 Å². The van der Waals surface area contributed by atoms with Gasteiger partial charge in [0.25, 0.3) is 5.91 Å². The largest absolute Gasteiger partial charge is 0.486 e. The van der Waals surface area contributed by atoms with Gasteiger partial charge >= 0.3 is 0 Å². The van der Waals surface area contributed by atoms with E-state index in [1.165, 1.54) is 0 Å². The number of carbonyl (C=O) groups is 1. The quantitative estimate of drug-likeness (QED) is 0.839. The molecule has 0 fully saturated rings. The molecule has 0 atom stereocenters. The highest BCUT2D eigenvalue weighted by molar-refractivity contribution is 6.02. The van der Waals surface area contributed by atoms with Crippen LogP contribution in [0.1, 0.15) is 30.8 Å². The molecule has 1 aromatic heterocycles. The minimum Gasteiger partial charge on any atom is -0.486 e. The first kappa shape index (κ1) is 17.0. The first-order valence-corrected chi connectivity index (χ1v) is 8.40. The Kier molecular flexibility index (Phi) is 5.33. The molecule has 0 radical (unpaired) electrons. The van der Waals surface area contributed by atoms with Crippen LogP contribution in [-0.4, -0.2) is 35.9 Å². The number of hydrogen-bond acceptors (Lipinski definition) is 6. The summed E-state index contributed by atoms with van der Waals surface area (Å²) in [7, 11) is 0. The van der Waals surface area contributed by atoms with Crippen molar-refractivity contribution in [3.63, 3.8) is 0 Å². The summed E-state index contributed by atoms with van der Waals surface area (Å²) in [5.74, 6) is 2.27. The second-order valence-corrected chi connectivity index (χ2v) is 6.23. The van der Waals surface area contributed by atoms with Gasteiger partial charge in [0.1, 0.15) is 19.0 Å². The van der Waals surface area contributed by atoms with Gasteiger partial charge in [0.05, 0.1) is 0 Å². The average Bonchev–Trinajstić information content (AvgIpc) is 2.62. The fourth-order valence-electron chi connectivity index (χ4n) is 2.35. The van der Waals surface area contributed by atoms with E-state index >= 15 is 0 Å². The molecule has 0 saturated heterocycles. The van der Waals surface area contributed by atoms with E-state index < -0.39 is 0 Å². The molecule has 0 spiro atoms. The fourth-order valence-corrected chi connectivity index (χ4v) is 2.35. The van der Waals surface area contributed by atoms with Gasteiger partial charge < -0.3 is 20.1 Å². The number of carbonyl (C=O) groups excluding carboxylic acids is 1. The third kappa shape index (κ3) is 4.59. The summed E-state index contributed by atoms with van der Waals surface area (Å²) in [5, 5.41) is 14.0. The minimum atomic E-state index is -0.321. The lowest BCUT2D eigenvalue weighted by Crippen LogP contribution is -2.17. The van der Waals surface area contributed by atoms with E-state index in [1.54, 1.807) is 30.3 Å². The Morgan fingerprint density at radius 1 is 1.12 bits per heavy atom. The van der Waals surface area contributed by atoms with Gasteiger partial charge in [-0.2, -0.15) is 0 Å². The van der Waals surface area contributed by atoms with Gasteiger partial charge in [0.15, 0.2) is 17.2 Å². The molecule has 7 nitrogen and oxygen atoms in total. The Morgan fingerprint density at radius 3 is 2.64 bits per heavy atom. The topological polar surface area (TPSA) is 85.4 Å². The number of amides is 1. The van der Waals surface area contributed by atoms with Gasteiger partial charge in [0, 0.05) is 18.3 Å². The zero-order valence-electron chi connectivity index (χ0n) is 14.4. The highest BCUT2D eigenvalue weighted by Crippen LogP contribution is 2.32. The van der Waals surface area contributed by atoms with Crippen LogP contribution in [0.2, 0.25) is 0 Å². The summed E-state index contributed by atoms with van der Waals surface area (Å²) < 4.78 is 11.0. The van der Waals surface area contributed by atoms with Crippen LogP contribution in [0.5, 0.6) is 11.5 Å². The predicted octanol–water partition coefficient (Wildman–Crippen LogP) is 2.96. The van der Waals surface area contributed by atoms with Crippen LogP contribution in [0.15, 0.2) is 30.3 Å². The van der Waals surface area contributed by atoms with E-state index in [1.807, 2.05) is 0 Å². The molecule has 132 valence electrons. The molecule has 2 aromatic rings. The standard InChI is InChI=1S/C18H22N4O3/c1-12(2)7-8-19-17-6-4-14(21-22-17)18(23)20-13-3-5-15-16(11-13)25-10-9-24-15/h3-6,11-12H,7-10H2,1-2H3,(H,19,22)(H,20,23). The Balaban J connectivity index is 1.59. The van der Waals surface area contributed by atoms with Crippen molar-refractivity contribution in [3.05, 3.63) is 36.0 Å². The van der Waals surface area contributed by atoms with Gasteiger partial charge in [0.2, 0.25) is 0 Å². The van der Waals surface area contributed by atoms with Crippen molar-refractivity contribution in [1.29, 1.82) is 0 Å². The molecule has 0 unspecified atom stereocenters. The maximum absolute atomic E-state index is 12.3. The number of nitrogens with one attached hydrogen (secondary N) is 2. The van der Waals surface area contributed by atoms with Crippen LogP contribution < -0.4 is 20.1 Å². The molecular weight excluding hydrogens is 320 g/mol. The van der Waals surface area contributed by atoms with E-state index in [4.69, 9.17) is 9.47 Å². The Bertz CT molecular complexity index is 732. The number of nitrogens with zero attached hydrogens (tertiary/aromatic N) is 2. The summed E-state index contributed by atoms with van der Waals surface area (Å²) in [6, 6.07) is 8.68. The average molecular weight is 342 g/mol. The molecular formula is C18H22N4O3. The monoisotopic (exact) mass is 342 g/mol. The summed E-state index contributed by atoms with van der Waals surface area (Å²) in [6.07, 6.45) is 1.05. The smallest absolute Gasteiger partial charge is 0.276 e. The van der Waals surface area contributed by atoms with Crippen LogP contribution in [0.4, 0.5) is 11.5 Å². The molecule has 1 amide bonds. The summed E-state index contributed by atoms with van der Waals surface area (Å²) >= 11 is 0. The lowest BCUT2D eigenvalue weighted by Gasteiger charge is -2.18. The van der Waals surface area contributed by atoms with Crippen molar-refractivity contribution >= 4 is 17.4 Å². The molecule has 0 bridgehead atoms. The fraction of sp³-hybridized carbons (Fsp3) is 0.389. The Morgan fingerprint density at radius 2 is 1.92 bits per heavy atom. The summed E-state index contributed by atoms with van der Waals surface area (Å²) in [6.45, 7) is 6.19. The number of rotatable bonds is 6. The molecule has 1 aliphatic heterocycles. The van der Waals surface area contributed by atoms with Crippen molar-refractivity contribution in [2.75, 3.05) is 30.4 Å². The molecule has 0 aliphatic carbocycles. The van der Waals surface area contributed by atoms with E-state index in [-0.39, 0.29) is 11.6 Å². The van der Waals surface area contributed by atoms with Crippen molar-refractivity contribution in [1.82, 2.24) is 10.2 Å². The molecule has 2 heterocycles. The molecule has 7 heteroatoms. The van der Waals surface area contributed by atoms with Crippen LogP contribution >= 0.6 is 0 Å². The number of ether oxygens (including phenoxy) is 2. The van der Waals surface area contributed by atoms with Gasteiger partial charge in [-0.05, 0) is 36.6 Å². The molecule has 1 aromatic carbocycles. The number of anilines is 2. The normalized spacial score (nSPS) is 12.8. The lowest BCUT2D eigenvalue weighted by atomic mass is 10.1. The van der Waals surface area contributed by atoms with Crippen molar-refractivity contribution < 1.29 is 14.3 Å². The number of benzene rings is 1. The molecule has 3 rings (SSSR count). The van der Waals surface area contributed by atoms with E-state index in [0.717, 1.165) is 13.0 Å². The number of fused-ring (bicyclic) bond motifs is 1. The van der Waals surface area contributed by atoms with Crippen LogP contribution in [0, 0.1) is 5.92 Å². The van der Waals surface area contributed by atoms with Crippen LogP contribution in [0.3, 0.4) is 0 Å². The molecule has 0 saturated carbocycles. The molecule has 2 N–H and O–H groups in total. The van der Waals surface area contributed by atoms with E-state index in [2.05, 4.69) is 34.7 Å². The Labute approximate surface area is 146 Å². The second kappa shape index (κ2) is 7.83. The minimum absolute atomic E-state index is 0.254. The second-order valence-electron chi connectivity index (χ2n) is 6.23. The molecule has 25 heavy (non-hydrogen) atoms. The van der Waals surface area contributed by atoms with Crippen molar-refractivity contribution in [2.24, 2.45) is 5.92 Å². The molecule has 1 aliphatic rings. The number of hydrogen-bond donors (Lipinski definition) is 2. The van der Waals surface area contributed by atoms with E-state index in [9.17, 15) is 4.79 Å². The lowest BCUT2D eigenvalue weighted by molar-refractivity contribution is 0.102. The van der Waals surface area contributed by atoms with Crippen molar-refractivity contribution in [3.8, 4) is 11.5 Å². The van der Waals surface area contributed by atoms with Gasteiger partial charge in [-0.25, -0.2) is 0 Å². The zero-order chi connectivity index (χ0) is 17.6. The number of aromatic nitrogens is 2. The van der Waals surface area contributed by atoms with Gasteiger partial charge in [-0.3, -0.25) is 4.79 Å². The highest BCUT2D eigenvalue weighted by atomic mass is 16.6. The van der Waals surface area contributed by atoms with Gasteiger partial charge in [-0.1, -0.05) is 13.8 Å². The van der Waals surface area contributed by atoms with Gasteiger partial charge in [-0.15, -0.1) is 10.2 Å². The van der Waals surface area contributed by atoms with Crippen molar-refractivity contribution in [2.45, 2.75) is 20.3 Å². The third-order valence-electron chi connectivity index (χ3n) is 3.73. The maximum atomic E-state index is 12.3.